The zero-order valence-corrected chi connectivity index (χ0v) is 10.2. The molecule has 1 amide bonds. The average Bonchev–Trinajstić information content (AvgIpc) is 2.24. The summed E-state index contributed by atoms with van der Waals surface area (Å²) >= 11 is 0. The summed E-state index contributed by atoms with van der Waals surface area (Å²) in [5.74, 6) is -1.58. The van der Waals surface area contributed by atoms with Gasteiger partial charge in [-0.25, -0.2) is 4.79 Å². The van der Waals surface area contributed by atoms with E-state index in [1.165, 1.54) is 19.9 Å². The van der Waals surface area contributed by atoms with E-state index in [2.05, 4.69) is 16.6 Å². The van der Waals surface area contributed by atoms with Crippen molar-refractivity contribution in [1.29, 1.82) is 0 Å². The van der Waals surface area contributed by atoms with Gasteiger partial charge in [0.1, 0.15) is 18.6 Å². The van der Waals surface area contributed by atoms with E-state index in [1.807, 2.05) is 0 Å². The van der Waals surface area contributed by atoms with Crippen LogP contribution in [-0.2, 0) is 23.8 Å². The first-order valence-electron chi connectivity index (χ1n) is 5.37. The van der Waals surface area contributed by atoms with E-state index in [9.17, 15) is 14.4 Å². The normalized spacial score (nSPS) is 23.1. The summed E-state index contributed by atoms with van der Waals surface area (Å²) in [6.45, 7) is 6.15. The number of nitrogens with one attached hydrogen (secondary N) is 1. The maximum Gasteiger partial charge on any atom is 0.508 e. The number of ether oxygens (including phenoxy) is 3. The zero-order valence-electron chi connectivity index (χ0n) is 10.2. The van der Waals surface area contributed by atoms with Gasteiger partial charge in [-0.1, -0.05) is 12.7 Å². The minimum Gasteiger partial charge on any atom is -0.441 e. The Hall–Kier alpha value is -2.05. The van der Waals surface area contributed by atoms with Crippen molar-refractivity contribution in [2.24, 2.45) is 5.92 Å². The molecule has 0 bridgehead atoms. The van der Waals surface area contributed by atoms with Crippen LogP contribution in [0.25, 0.3) is 0 Å². The quantitative estimate of drug-likeness (QED) is 0.434. The van der Waals surface area contributed by atoms with E-state index in [1.54, 1.807) is 0 Å². The van der Waals surface area contributed by atoms with Crippen LogP contribution in [0.1, 0.15) is 13.8 Å². The van der Waals surface area contributed by atoms with Gasteiger partial charge in [-0.05, 0) is 6.92 Å². The van der Waals surface area contributed by atoms with Gasteiger partial charge in [0.25, 0.3) is 0 Å². The summed E-state index contributed by atoms with van der Waals surface area (Å²) in [5, 5.41) is 2.39. The molecular formula is C11H15NO6. The summed E-state index contributed by atoms with van der Waals surface area (Å²) in [5.41, 5.74) is 0. The van der Waals surface area contributed by atoms with Crippen LogP contribution in [0.4, 0.5) is 4.79 Å². The minimum atomic E-state index is -0.899. The fraction of sp³-hybridized carbons (Fsp3) is 0.545. The molecule has 0 aliphatic carbocycles. The van der Waals surface area contributed by atoms with Crippen LogP contribution in [0, 0.1) is 5.92 Å². The maximum absolute atomic E-state index is 11.3. The summed E-state index contributed by atoms with van der Waals surface area (Å²) in [6.07, 6.45) is -1.02. The Kier molecular flexibility index (Phi) is 4.70. The summed E-state index contributed by atoms with van der Waals surface area (Å²) in [6, 6.07) is 0. The molecule has 7 nitrogen and oxygen atoms in total. The van der Waals surface area contributed by atoms with Gasteiger partial charge >= 0.3 is 12.1 Å². The Bertz CT molecular complexity index is 367. The Morgan fingerprint density at radius 2 is 2.22 bits per heavy atom. The van der Waals surface area contributed by atoms with E-state index in [0.29, 0.717) is 0 Å². The second-order valence-electron chi connectivity index (χ2n) is 3.74. The van der Waals surface area contributed by atoms with Gasteiger partial charge in [-0.15, -0.1) is 0 Å². The van der Waals surface area contributed by atoms with Gasteiger partial charge in [0.2, 0.25) is 5.91 Å². The van der Waals surface area contributed by atoms with Crippen molar-refractivity contribution in [3.63, 3.8) is 0 Å². The van der Waals surface area contributed by atoms with E-state index in [-0.39, 0.29) is 12.5 Å². The first-order valence-corrected chi connectivity index (χ1v) is 5.37. The molecule has 0 unspecified atom stereocenters. The number of β-lactam (4-membered cyclic amide) rings is 1. The van der Waals surface area contributed by atoms with Crippen LogP contribution < -0.4 is 5.32 Å². The molecule has 1 N–H and O–H groups in total. The van der Waals surface area contributed by atoms with E-state index in [4.69, 9.17) is 9.47 Å². The maximum atomic E-state index is 11.3. The molecule has 1 heterocycles. The predicted molar refractivity (Wildman–Crippen MR) is 59.3 cm³/mol. The lowest BCUT2D eigenvalue weighted by atomic mass is 9.93. The molecule has 3 atom stereocenters. The van der Waals surface area contributed by atoms with Gasteiger partial charge in [0, 0.05) is 6.92 Å². The second-order valence-corrected chi connectivity index (χ2v) is 3.74. The number of carbonyl (C=O) groups is 3. The van der Waals surface area contributed by atoms with Crippen molar-refractivity contribution in [2.75, 3.05) is 6.61 Å². The summed E-state index contributed by atoms with van der Waals surface area (Å²) < 4.78 is 14.3. The third kappa shape index (κ3) is 3.47. The van der Waals surface area contributed by atoms with Crippen molar-refractivity contribution < 1.29 is 28.6 Å². The lowest BCUT2D eigenvalue weighted by Crippen LogP contribution is -2.63. The molecule has 0 saturated carbocycles. The van der Waals surface area contributed by atoms with Crippen molar-refractivity contribution in [3.8, 4) is 0 Å². The van der Waals surface area contributed by atoms with E-state index >= 15 is 0 Å². The molecule has 0 aromatic carbocycles. The topological polar surface area (TPSA) is 90.9 Å². The lowest BCUT2D eigenvalue weighted by molar-refractivity contribution is -0.174. The van der Waals surface area contributed by atoms with E-state index < -0.39 is 30.4 Å². The molecule has 0 spiro atoms. The first kappa shape index (κ1) is 14.0. The molecule has 1 saturated heterocycles. The van der Waals surface area contributed by atoms with E-state index in [0.717, 1.165) is 0 Å². The standard InChI is InChI=1S/C11H15NO6/c1-4-5-16-11(15)17-6(2)8-9(14)12-10(8)18-7(3)13/h4,6,8,10H,1,5H2,2-3H3,(H,12,14)/t6-,8-,10-/m1/s1. The number of amides is 1. The molecule has 100 valence electrons. The largest absolute Gasteiger partial charge is 0.508 e. The SMILES string of the molecule is C=CCOC(=O)O[C@H](C)[C@@H]1C(=O)N[C@@H]1OC(C)=O. The molecule has 7 heteroatoms. The number of hydrogen-bond acceptors (Lipinski definition) is 6. The first-order chi connectivity index (χ1) is 8.45. The van der Waals surface area contributed by atoms with Crippen LogP contribution >= 0.6 is 0 Å². The molecule has 18 heavy (non-hydrogen) atoms. The third-order valence-electron chi connectivity index (χ3n) is 2.31. The Morgan fingerprint density at radius 3 is 2.72 bits per heavy atom. The van der Waals surface area contributed by atoms with Crippen LogP contribution in [0.3, 0.4) is 0 Å². The van der Waals surface area contributed by atoms with Gasteiger partial charge in [-0.2, -0.15) is 0 Å². The monoisotopic (exact) mass is 257 g/mol. The fourth-order valence-electron chi connectivity index (χ4n) is 1.49. The second kappa shape index (κ2) is 6.04. The molecular weight excluding hydrogens is 242 g/mol. The van der Waals surface area contributed by atoms with Crippen LogP contribution in [0.15, 0.2) is 12.7 Å². The molecule has 1 fully saturated rings. The summed E-state index contributed by atoms with van der Waals surface area (Å²) in [7, 11) is 0. The molecule has 1 aliphatic heterocycles. The number of rotatable bonds is 5. The third-order valence-corrected chi connectivity index (χ3v) is 2.31. The smallest absolute Gasteiger partial charge is 0.441 e. The van der Waals surface area contributed by atoms with Crippen LogP contribution in [-0.4, -0.2) is 37.0 Å². The Balaban J connectivity index is 2.46. The average molecular weight is 257 g/mol. The van der Waals surface area contributed by atoms with Crippen LogP contribution in [0.2, 0.25) is 0 Å². The predicted octanol–water partition coefficient (Wildman–Crippen LogP) is 0.349. The fourth-order valence-corrected chi connectivity index (χ4v) is 1.49. The van der Waals surface area contributed by atoms with Crippen LogP contribution in [0.5, 0.6) is 0 Å². The molecule has 1 rings (SSSR count). The molecule has 0 radical (unpaired) electrons. The lowest BCUT2D eigenvalue weighted by Gasteiger charge is -2.38. The summed E-state index contributed by atoms with van der Waals surface area (Å²) in [4.78, 5) is 33.2. The number of hydrogen-bond donors (Lipinski definition) is 1. The zero-order chi connectivity index (χ0) is 13.7. The van der Waals surface area contributed by atoms with Crippen molar-refractivity contribution >= 4 is 18.0 Å². The Labute approximate surface area is 104 Å². The van der Waals surface area contributed by atoms with Crippen molar-refractivity contribution in [2.45, 2.75) is 26.2 Å². The van der Waals surface area contributed by atoms with Crippen molar-refractivity contribution in [3.05, 3.63) is 12.7 Å². The van der Waals surface area contributed by atoms with Crippen molar-refractivity contribution in [1.82, 2.24) is 5.32 Å². The highest BCUT2D eigenvalue weighted by Crippen LogP contribution is 2.22. The van der Waals surface area contributed by atoms with Gasteiger partial charge in [0.15, 0.2) is 6.23 Å². The van der Waals surface area contributed by atoms with Gasteiger partial charge in [-0.3, -0.25) is 9.59 Å². The van der Waals surface area contributed by atoms with Gasteiger partial charge < -0.3 is 19.5 Å². The molecule has 0 aromatic rings. The van der Waals surface area contributed by atoms with Gasteiger partial charge in [0.05, 0.1) is 0 Å². The number of esters is 1. The Morgan fingerprint density at radius 1 is 1.56 bits per heavy atom. The highest BCUT2D eigenvalue weighted by molar-refractivity contribution is 5.87. The highest BCUT2D eigenvalue weighted by Gasteiger charge is 2.47. The molecule has 1 aliphatic rings. The number of carbonyl (C=O) groups excluding carboxylic acids is 3. The minimum absolute atomic E-state index is 0.0236. The molecule has 0 aromatic heterocycles. The highest BCUT2D eigenvalue weighted by atomic mass is 16.7.